The van der Waals surface area contributed by atoms with E-state index in [-0.39, 0.29) is 11.3 Å². The molecule has 0 fully saturated rings. The van der Waals surface area contributed by atoms with Gasteiger partial charge in [-0.3, -0.25) is 19.7 Å². The van der Waals surface area contributed by atoms with E-state index in [0.717, 1.165) is 0 Å². The van der Waals surface area contributed by atoms with Crippen LogP contribution in [-0.2, 0) is 14.3 Å². The van der Waals surface area contributed by atoms with Crippen molar-refractivity contribution >= 4 is 41.3 Å². The molecule has 204 valence electrons. The van der Waals surface area contributed by atoms with E-state index in [1.165, 1.54) is 36.3 Å². The number of nitrogens with zero attached hydrogens (tertiary/aromatic N) is 5. The molecule has 0 aliphatic rings. The van der Waals surface area contributed by atoms with E-state index < -0.39 is 36.0 Å². The highest BCUT2D eigenvalue weighted by Crippen LogP contribution is 2.23. The monoisotopic (exact) mass is 564 g/mol. The second-order valence-corrected chi connectivity index (χ2v) is 8.62. The van der Waals surface area contributed by atoms with Crippen molar-refractivity contribution < 1.29 is 24.2 Å². The molecule has 2 aromatic carbocycles. The molecule has 2 aromatic heterocycles. The summed E-state index contributed by atoms with van der Waals surface area (Å²) in [5.74, 6) is -1.82. The van der Waals surface area contributed by atoms with Crippen LogP contribution in [0.2, 0.25) is 5.02 Å². The average Bonchev–Trinajstić information content (AvgIpc) is 3.47. The maximum Gasteiger partial charge on any atom is 0.411 e. The Labute approximate surface area is 230 Å². The van der Waals surface area contributed by atoms with Crippen molar-refractivity contribution in [3.8, 4) is 16.8 Å². The molecule has 1 atom stereocenters. The van der Waals surface area contributed by atoms with Gasteiger partial charge in [-0.1, -0.05) is 23.7 Å². The Balaban J connectivity index is 1.57. The number of aromatic amines is 1. The van der Waals surface area contributed by atoms with E-state index in [4.69, 9.17) is 11.6 Å². The first-order valence-electron chi connectivity index (χ1n) is 11.5. The predicted octanol–water partition coefficient (Wildman–Crippen LogP) is 2.59. The lowest BCUT2D eigenvalue weighted by molar-refractivity contribution is -0.137. The van der Waals surface area contributed by atoms with Crippen LogP contribution in [0, 0.1) is 0 Å². The number of amides is 2. The van der Waals surface area contributed by atoms with Crippen molar-refractivity contribution in [1.29, 1.82) is 0 Å². The number of anilines is 1. The third kappa shape index (κ3) is 6.93. The Morgan fingerprint density at radius 3 is 2.62 bits per heavy atom. The van der Waals surface area contributed by atoms with Crippen LogP contribution in [0.1, 0.15) is 23.7 Å². The molecule has 14 nitrogen and oxygen atoms in total. The summed E-state index contributed by atoms with van der Waals surface area (Å²) < 4.78 is 5.94. The number of carboxylic acid groups (broad SMARTS) is 1. The van der Waals surface area contributed by atoms with Gasteiger partial charge in [0.15, 0.2) is 0 Å². The van der Waals surface area contributed by atoms with Crippen molar-refractivity contribution in [3.05, 3.63) is 87.6 Å². The summed E-state index contributed by atoms with van der Waals surface area (Å²) in [7, 11) is 1.23. The number of hydrogen-bond donors (Lipinski definition) is 4. The summed E-state index contributed by atoms with van der Waals surface area (Å²) >= 11 is 6.11. The van der Waals surface area contributed by atoms with E-state index in [2.05, 4.69) is 41.1 Å². The first kappa shape index (κ1) is 27.7. The first-order chi connectivity index (χ1) is 19.2. The minimum absolute atomic E-state index is 0.118. The first-order valence-corrected chi connectivity index (χ1v) is 11.9. The number of tetrazole rings is 1. The van der Waals surface area contributed by atoms with Crippen LogP contribution in [0.25, 0.3) is 22.9 Å². The minimum Gasteiger partial charge on any atom is -0.481 e. The summed E-state index contributed by atoms with van der Waals surface area (Å²) in [5.41, 5.74) is 1.75. The number of rotatable bonds is 9. The summed E-state index contributed by atoms with van der Waals surface area (Å²) in [4.78, 5) is 48.3. The number of halogens is 1. The highest BCUT2D eigenvalue weighted by Gasteiger charge is 2.21. The molecule has 0 aliphatic carbocycles. The Hall–Kier alpha value is -5.37. The van der Waals surface area contributed by atoms with Gasteiger partial charge in [0.1, 0.15) is 6.33 Å². The van der Waals surface area contributed by atoms with Gasteiger partial charge in [-0.15, -0.1) is 5.10 Å². The van der Waals surface area contributed by atoms with E-state index in [0.29, 0.717) is 27.5 Å². The molecule has 0 saturated heterocycles. The van der Waals surface area contributed by atoms with Crippen LogP contribution in [0.5, 0.6) is 0 Å². The molecule has 0 aliphatic heterocycles. The fourth-order valence-electron chi connectivity index (χ4n) is 3.64. The van der Waals surface area contributed by atoms with Crippen LogP contribution < -0.4 is 16.2 Å². The van der Waals surface area contributed by atoms with Gasteiger partial charge in [0.2, 0.25) is 5.91 Å². The molecular weight excluding hydrogens is 544 g/mol. The number of aromatic nitrogens is 6. The normalized spacial score (nSPS) is 11.7. The number of ether oxygens (including phenoxy) is 1. The second-order valence-electron chi connectivity index (χ2n) is 8.18. The molecule has 0 spiro atoms. The summed E-state index contributed by atoms with van der Waals surface area (Å²) in [6.45, 7) is 0. The molecule has 15 heteroatoms. The van der Waals surface area contributed by atoms with E-state index >= 15 is 0 Å². The molecular formula is C25H21ClN8O6. The predicted molar refractivity (Wildman–Crippen MR) is 143 cm³/mol. The molecule has 2 amide bonds. The Morgan fingerprint density at radius 1 is 1.18 bits per heavy atom. The third-order valence-corrected chi connectivity index (χ3v) is 5.74. The molecule has 0 radical (unpaired) electrons. The molecule has 0 unspecified atom stereocenters. The largest absolute Gasteiger partial charge is 0.481 e. The number of benzene rings is 2. The van der Waals surface area contributed by atoms with Crippen molar-refractivity contribution in [3.63, 3.8) is 0 Å². The topological polar surface area (TPSA) is 194 Å². The SMILES string of the molecule is COC(=O)Nc1ccc(-c2cc([C@H](CC(=O)O)NC(=O)C=Cc3cc(Cl)ccc3-n3cnnn3)n[nH]c2=O)cc1. The Morgan fingerprint density at radius 2 is 1.95 bits per heavy atom. The molecule has 4 rings (SSSR count). The maximum absolute atomic E-state index is 12.8. The minimum atomic E-state index is -1.20. The lowest BCUT2D eigenvalue weighted by Gasteiger charge is -2.16. The molecule has 0 saturated carbocycles. The van der Waals surface area contributed by atoms with Gasteiger partial charge >= 0.3 is 12.1 Å². The van der Waals surface area contributed by atoms with E-state index in [1.54, 1.807) is 42.5 Å². The van der Waals surface area contributed by atoms with Crippen molar-refractivity contribution in [1.82, 2.24) is 35.7 Å². The van der Waals surface area contributed by atoms with Crippen LogP contribution in [-0.4, -0.2) is 60.6 Å². The number of H-pyrrole nitrogens is 1. The quantitative estimate of drug-likeness (QED) is 0.219. The number of hydrogen-bond acceptors (Lipinski definition) is 9. The fourth-order valence-corrected chi connectivity index (χ4v) is 3.83. The van der Waals surface area contributed by atoms with E-state index in [9.17, 15) is 24.3 Å². The van der Waals surface area contributed by atoms with Crippen molar-refractivity contribution in [2.24, 2.45) is 0 Å². The molecule has 40 heavy (non-hydrogen) atoms. The zero-order chi connectivity index (χ0) is 28.6. The van der Waals surface area contributed by atoms with Gasteiger partial charge in [0.25, 0.3) is 5.56 Å². The molecule has 2 heterocycles. The molecule has 4 N–H and O–H groups in total. The van der Waals surface area contributed by atoms with Gasteiger partial charge in [0.05, 0.1) is 36.5 Å². The lowest BCUT2D eigenvalue weighted by atomic mass is 10.0. The Bertz CT molecular complexity index is 1620. The Kier molecular flexibility index (Phi) is 8.61. The highest BCUT2D eigenvalue weighted by atomic mass is 35.5. The number of aliphatic carboxylic acids is 1. The second kappa shape index (κ2) is 12.4. The summed E-state index contributed by atoms with van der Waals surface area (Å²) in [6, 6.07) is 11.5. The van der Waals surface area contributed by atoms with Crippen LogP contribution >= 0.6 is 11.6 Å². The number of carboxylic acids is 1. The van der Waals surface area contributed by atoms with Gasteiger partial charge < -0.3 is 15.2 Å². The number of nitrogens with one attached hydrogen (secondary N) is 3. The van der Waals surface area contributed by atoms with Gasteiger partial charge in [-0.05, 0) is 58.5 Å². The van der Waals surface area contributed by atoms with Gasteiger partial charge in [-0.25, -0.2) is 9.89 Å². The standard InChI is InChI=1S/C25H21ClN8O6/c1-40-25(39)28-17-6-2-14(3-7-17)18-11-20(30-31-24(18)38)19(12-23(36)37)29-22(35)9-4-15-10-16(26)5-8-21(15)34-13-27-32-33-34/h2-11,13,19H,12H2,1H3,(H,28,39)(H,29,35)(H,31,38)(H,36,37)/t19-/m0/s1. The zero-order valence-corrected chi connectivity index (χ0v) is 21.5. The van der Waals surface area contributed by atoms with Crippen molar-refractivity contribution in [2.75, 3.05) is 12.4 Å². The van der Waals surface area contributed by atoms with Crippen LogP contribution in [0.3, 0.4) is 0 Å². The van der Waals surface area contributed by atoms with Gasteiger partial charge in [-0.2, -0.15) is 9.78 Å². The summed E-state index contributed by atoms with van der Waals surface area (Å²) in [6.07, 6.45) is 2.90. The smallest absolute Gasteiger partial charge is 0.411 e. The zero-order valence-electron chi connectivity index (χ0n) is 20.7. The van der Waals surface area contributed by atoms with Crippen molar-refractivity contribution in [2.45, 2.75) is 12.5 Å². The number of methoxy groups -OCH3 is 1. The third-order valence-electron chi connectivity index (χ3n) is 5.50. The maximum atomic E-state index is 12.8. The fraction of sp³-hybridized carbons (Fsp3) is 0.120. The highest BCUT2D eigenvalue weighted by molar-refractivity contribution is 6.30. The van der Waals surface area contributed by atoms with Crippen LogP contribution in [0.4, 0.5) is 10.5 Å². The number of carbonyl (C=O) groups is 3. The van der Waals surface area contributed by atoms with Gasteiger partial charge in [0, 0.05) is 22.3 Å². The molecule has 0 bridgehead atoms. The van der Waals surface area contributed by atoms with Crippen LogP contribution in [0.15, 0.2) is 65.7 Å². The number of carbonyl (C=O) groups excluding carboxylic acids is 2. The van der Waals surface area contributed by atoms with E-state index in [1.807, 2.05) is 0 Å². The lowest BCUT2D eigenvalue weighted by Crippen LogP contribution is -2.30. The average molecular weight is 565 g/mol. The molecule has 4 aromatic rings. The summed E-state index contributed by atoms with van der Waals surface area (Å²) in [5, 5.41) is 32.3.